The van der Waals surface area contributed by atoms with Crippen LogP contribution in [-0.4, -0.2) is 42.9 Å². The van der Waals surface area contributed by atoms with Crippen LogP contribution < -0.4 is 5.32 Å². The van der Waals surface area contributed by atoms with Crippen molar-refractivity contribution in [2.45, 2.75) is 37.0 Å². The standard InChI is InChI=1S/C21H22N2O4/c1-13-19-8-5-10-23-11-9-20(21(19,23)27-26-13)15-6-3-4-7-16(15)22-17(20)14(12-19)18(24)25-2/h3-8,13,22H,9-12H2,1-2H3/t13-,19-,20-,21+/m0/s1. The molecular weight excluding hydrogens is 344 g/mol. The quantitative estimate of drug-likeness (QED) is 0.468. The van der Waals surface area contributed by atoms with Gasteiger partial charge in [0, 0.05) is 24.5 Å². The zero-order valence-corrected chi connectivity index (χ0v) is 15.5. The third-order valence-electron chi connectivity index (χ3n) is 7.47. The Kier molecular flexibility index (Phi) is 2.83. The second-order valence-electron chi connectivity index (χ2n) is 8.20. The average Bonchev–Trinajstić information content (AvgIpc) is 3.32. The molecule has 0 amide bonds. The first kappa shape index (κ1) is 15.9. The zero-order valence-electron chi connectivity index (χ0n) is 15.5. The van der Waals surface area contributed by atoms with Crippen molar-refractivity contribution in [3.05, 3.63) is 53.3 Å². The second-order valence-corrected chi connectivity index (χ2v) is 8.20. The maximum Gasteiger partial charge on any atom is 0.335 e. The van der Waals surface area contributed by atoms with Gasteiger partial charge < -0.3 is 10.1 Å². The lowest BCUT2D eigenvalue weighted by atomic mass is 9.52. The van der Waals surface area contributed by atoms with E-state index in [1.807, 2.05) is 13.0 Å². The normalized spacial score (nSPS) is 40.9. The lowest BCUT2D eigenvalue weighted by Gasteiger charge is -2.57. The second kappa shape index (κ2) is 4.82. The summed E-state index contributed by atoms with van der Waals surface area (Å²) in [5, 5.41) is 3.56. The Labute approximate surface area is 157 Å². The van der Waals surface area contributed by atoms with Crippen LogP contribution in [-0.2, 0) is 24.7 Å². The van der Waals surface area contributed by atoms with Crippen molar-refractivity contribution in [3.8, 4) is 0 Å². The van der Waals surface area contributed by atoms with E-state index in [0.717, 1.165) is 30.9 Å². The molecule has 0 aromatic heterocycles. The Morgan fingerprint density at radius 1 is 1.37 bits per heavy atom. The van der Waals surface area contributed by atoms with Gasteiger partial charge in [-0.05, 0) is 31.4 Å². The number of carbonyl (C=O) groups excluding carboxylic acids is 1. The van der Waals surface area contributed by atoms with Gasteiger partial charge in [0.15, 0.2) is 5.72 Å². The van der Waals surface area contributed by atoms with E-state index in [0.29, 0.717) is 12.0 Å². The van der Waals surface area contributed by atoms with Crippen molar-refractivity contribution in [1.82, 2.24) is 4.90 Å². The topological polar surface area (TPSA) is 60.0 Å². The highest BCUT2D eigenvalue weighted by Gasteiger charge is 2.81. The molecule has 2 spiro atoms. The van der Waals surface area contributed by atoms with Crippen LogP contribution in [0.1, 0.15) is 25.3 Å². The molecule has 4 aliphatic heterocycles. The van der Waals surface area contributed by atoms with Gasteiger partial charge in [0.05, 0.1) is 23.5 Å². The summed E-state index contributed by atoms with van der Waals surface area (Å²) in [5.41, 5.74) is 2.30. The maximum atomic E-state index is 12.9. The summed E-state index contributed by atoms with van der Waals surface area (Å²) in [6, 6.07) is 8.31. The van der Waals surface area contributed by atoms with E-state index in [1.165, 1.54) is 12.7 Å². The number of para-hydroxylation sites is 1. The summed E-state index contributed by atoms with van der Waals surface area (Å²) in [6.45, 7) is 3.75. The first-order valence-corrected chi connectivity index (χ1v) is 9.56. The molecule has 6 nitrogen and oxygen atoms in total. The number of rotatable bonds is 1. The van der Waals surface area contributed by atoms with Crippen LogP contribution in [0.15, 0.2) is 47.7 Å². The largest absolute Gasteiger partial charge is 0.466 e. The third-order valence-corrected chi connectivity index (χ3v) is 7.47. The monoisotopic (exact) mass is 366 g/mol. The van der Waals surface area contributed by atoms with Crippen molar-refractivity contribution in [1.29, 1.82) is 0 Å². The summed E-state index contributed by atoms with van der Waals surface area (Å²) < 4.78 is 5.20. The van der Waals surface area contributed by atoms with Crippen molar-refractivity contribution in [3.63, 3.8) is 0 Å². The molecule has 0 radical (unpaired) electrons. The lowest BCUT2D eigenvalue weighted by molar-refractivity contribution is -0.363. The molecule has 1 N–H and O–H groups in total. The first-order valence-electron chi connectivity index (χ1n) is 9.56. The summed E-state index contributed by atoms with van der Waals surface area (Å²) in [7, 11) is 1.45. The SMILES string of the molecule is COC(=O)C1=C2Nc3ccccc3[C@@]23CCN2CC=C[C@]4(C1)[C@H](C)OO[C@]243. The van der Waals surface area contributed by atoms with Gasteiger partial charge in [-0.25, -0.2) is 14.6 Å². The Hall–Kier alpha value is -2.15. The van der Waals surface area contributed by atoms with Crippen LogP contribution in [0.3, 0.4) is 0 Å². The fraction of sp³-hybridized carbons (Fsp3) is 0.476. The van der Waals surface area contributed by atoms with Gasteiger partial charge in [0.1, 0.15) is 6.10 Å². The highest BCUT2D eigenvalue weighted by molar-refractivity contribution is 5.93. The van der Waals surface area contributed by atoms with Crippen LogP contribution in [0, 0.1) is 5.41 Å². The molecule has 1 aromatic rings. The van der Waals surface area contributed by atoms with Gasteiger partial charge in [0.2, 0.25) is 0 Å². The average molecular weight is 366 g/mol. The highest BCUT2D eigenvalue weighted by Crippen LogP contribution is 2.72. The van der Waals surface area contributed by atoms with Crippen molar-refractivity contribution in [2.24, 2.45) is 5.41 Å². The fourth-order valence-electron chi connectivity index (χ4n) is 6.44. The van der Waals surface area contributed by atoms with Gasteiger partial charge in [-0.15, -0.1) is 0 Å². The Morgan fingerprint density at radius 3 is 3.07 bits per heavy atom. The Balaban J connectivity index is 1.75. The predicted octanol–water partition coefficient (Wildman–Crippen LogP) is 2.49. The van der Waals surface area contributed by atoms with E-state index in [2.05, 4.69) is 40.6 Å². The van der Waals surface area contributed by atoms with Crippen LogP contribution in [0.4, 0.5) is 5.69 Å². The Morgan fingerprint density at radius 2 is 2.22 bits per heavy atom. The van der Waals surface area contributed by atoms with E-state index in [4.69, 9.17) is 14.5 Å². The van der Waals surface area contributed by atoms with E-state index in [1.54, 1.807) is 0 Å². The van der Waals surface area contributed by atoms with Crippen molar-refractivity contribution >= 4 is 11.7 Å². The van der Waals surface area contributed by atoms with Crippen molar-refractivity contribution in [2.75, 3.05) is 25.5 Å². The van der Waals surface area contributed by atoms with Crippen LogP contribution in [0.2, 0.25) is 0 Å². The van der Waals surface area contributed by atoms with E-state index < -0.39 is 16.6 Å². The van der Waals surface area contributed by atoms with Gasteiger partial charge in [-0.2, -0.15) is 0 Å². The van der Waals surface area contributed by atoms with Gasteiger partial charge in [-0.3, -0.25) is 4.90 Å². The van der Waals surface area contributed by atoms with Crippen LogP contribution >= 0.6 is 0 Å². The maximum absolute atomic E-state index is 12.9. The molecule has 2 saturated heterocycles. The zero-order chi connectivity index (χ0) is 18.4. The molecular formula is C21H22N2O4. The number of fused-ring (bicyclic) bond motifs is 1. The number of esters is 1. The molecule has 5 aliphatic rings. The smallest absolute Gasteiger partial charge is 0.335 e. The molecule has 4 atom stereocenters. The van der Waals surface area contributed by atoms with Crippen LogP contribution in [0.25, 0.3) is 0 Å². The first-order chi connectivity index (χ1) is 13.1. The summed E-state index contributed by atoms with van der Waals surface area (Å²) in [5.74, 6) is -0.274. The number of carbonyl (C=O) groups is 1. The minimum Gasteiger partial charge on any atom is -0.466 e. The number of hydrogen-bond donors (Lipinski definition) is 1. The number of hydrogen-bond acceptors (Lipinski definition) is 6. The van der Waals surface area contributed by atoms with E-state index in [-0.39, 0.29) is 12.1 Å². The molecule has 0 bridgehead atoms. The predicted molar refractivity (Wildman–Crippen MR) is 97.5 cm³/mol. The molecule has 0 saturated carbocycles. The van der Waals surface area contributed by atoms with Crippen LogP contribution in [0.5, 0.6) is 0 Å². The molecule has 1 aliphatic carbocycles. The molecule has 140 valence electrons. The summed E-state index contributed by atoms with van der Waals surface area (Å²) in [4.78, 5) is 27.5. The molecule has 6 rings (SSSR count). The summed E-state index contributed by atoms with van der Waals surface area (Å²) in [6.07, 6.45) is 5.66. The third kappa shape index (κ3) is 1.44. The van der Waals surface area contributed by atoms with E-state index in [9.17, 15) is 4.79 Å². The summed E-state index contributed by atoms with van der Waals surface area (Å²) >= 11 is 0. The number of nitrogens with zero attached hydrogens (tertiary/aromatic N) is 1. The van der Waals surface area contributed by atoms with Crippen molar-refractivity contribution < 1.29 is 19.3 Å². The number of benzene rings is 1. The Bertz CT molecular complexity index is 940. The molecule has 6 heteroatoms. The highest BCUT2D eigenvalue weighted by atomic mass is 17.2. The molecule has 0 unspecified atom stereocenters. The minimum atomic E-state index is -0.652. The van der Waals surface area contributed by atoms with Gasteiger partial charge in [-0.1, -0.05) is 30.4 Å². The number of anilines is 1. The molecule has 4 heterocycles. The number of ether oxygens (including phenoxy) is 1. The molecule has 1 aromatic carbocycles. The van der Waals surface area contributed by atoms with E-state index >= 15 is 0 Å². The molecule has 2 fully saturated rings. The molecule has 27 heavy (non-hydrogen) atoms. The van der Waals surface area contributed by atoms with Gasteiger partial charge in [0.25, 0.3) is 0 Å². The minimum absolute atomic E-state index is 0.166. The fourth-order valence-corrected chi connectivity index (χ4v) is 6.44. The number of methoxy groups -OCH3 is 1. The lowest BCUT2D eigenvalue weighted by Crippen LogP contribution is -2.69. The number of nitrogens with one attached hydrogen (secondary N) is 1. The van der Waals surface area contributed by atoms with Gasteiger partial charge >= 0.3 is 5.97 Å².